The standard InChI is InChI=1S/C22H19BrN4O2/c1-22(2)12-18-17(13-24-27(18)16-9-4-3-5-10-16)19(28)20(22)25-26-21(29)14-7-6-8-15(23)11-14/h3-11,13H,12H2,1-2H3,(H,26,29)/b25-20-. The number of benzene rings is 2. The number of Topliss-reactive ketones (excluding diaryl/α,β-unsaturated/α-hetero) is 1. The number of para-hydroxylation sites is 1. The van der Waals surface area contributed by atoms with Crippen LogP contribution in [0, 0.1) is 5.41 Å². The molecule has 0 spiro atoms. The largest absolute Gasteiger partial charge is 0.287 e. The predicted molar refractivity (Wildman–Crippen MR) is 114 cm³/mol. The lowest BCUT2D eigenvalue weighted by Crippen LogP contribution is -2.40. The monoisotopic (exact) mass is 450 g/mol. The second kappa shape index (κ2) is 7.40. The molecule has 1 N–H and O–H groups in total. The number of carbonyl (C=O) groups excluding carboxylic acids is 2. The first-order valence-electron chi connectivity index (χ1n) is 9.18. The van der Waals surface area contributed by atoms with Gasteiger partial charge >= 0.3 is 0 Å². The maximum absolute atomic E-state index is 13.1. The van der Waals surface area contributed by atoms with Crippen molar-refractivity contribution in [1.82, 2.24) is 15.2 Å². The minimum atomic E-state index is -0.554. The molecule has 29 heavy (non-hydrogen) atoms. The Labute approximate surface area is 176 Å². The highest BCUT2D eigenvalue weighted by molar-refractivity contribution is 9.10. The lowest BCUT2D eigenvalue weighted by molar-refractivity contribution is 0.0954. The molecule has 0 bridgehead atoms. The molecular weight excluding hydrogens is 432 g/mol. The molecule has 146 valence electrons. The van der Waals surface area contributed by atoms with Crippen LogP contribution in [-0.4, -0.2) is 27.2 Å². The van der Waals surface area contributed by atoms with Crippen LogP contribution in [-0.2, 0) is 6.42 Å². The van der Waals surface area contributed by atoms with Crippen LogP contribution in [0.2, 0.25) is 0 Å². The number of halogens is 1. The Kier molecular flexibility index (Phi) is 4.92. The summed E-state index contributed by atoms with van der Waals surface area (Å²) < 4.78 is 2.59. The highest BCUT2D eigenvalue weighted by Gasteiger charge is 2.40. The van der Waals surface area contributed by atoms with Crippen LogP contribution < -0.4 is 5.43 Å². The molecule has 1 aliphatic rings. The molecule has 2 aromatic carbocycles. The van der Waals surface area contributed by atoms with E-state index in [1.54, 1.807) is 29.1 Å². The number of hydrazone groups is 1. The fraction of sp³-hybridized carbons (Fsp3) is 0.182. The molecule has 0 fully saturated rings. The number of hydrogen-bond acceptors (Lipinski definition) is 4. The highest BCUT2D eigenvalue weighted by atomic mass is 79.9. The Bertz CT molecular complexity index is 1130. The molecule has 0 saturated heterocycles. The first-order chi connectivity index (χ1) is 13.9. The van der Waals surface area contributed by atoms with Crippen molar-refractivity contribution in [3.63, 3.8) is 0 Å². The second-order valence-corrected chi connectivity index (χ2v) is 8.47. The number of rotatable bonds is 3. The second-order valence-electron chi connectivity index (χ2n) is 7.55. The van der Waals surface area contributed by atoms with Gasteiger partial charge in [-0.1, -0.05) is 54.0 Å². The average molecular weight is 451 g/mol. The SMILES string of the molecule is CC1(C)Cc2c(cnn2-c2ccccc2)C(=O)/C1=N/NC(=O)c1cccc(Br)c1. The quantitative estimate of drug-likeness (QED) is 0.607. The Morgan fingerprint density at radius 2 is 1.93 bits per heavy atom. The van der Waals surface area contributed by atoms with Gasteiger partial charge in [-0.05, 0) is 30.3 Å². The summed E-state index contributed by atoms with van der Waals surface area (Å²) in [6, 6.07) is 16.7. The highest BCUT2D eigenvalue weighted by Crippen LogP contribution is 2.34. The van der Waals surface area contributed by atoms with Crippen molar-refractivity contribution in [2.45, 2.75) is 20.3 Å². The Balaban J connectivity index is 1.65. The number of aromatic nitrogens is 2. The van der Waals surface area contributed by atoms with E-state index < -0.39 is 5.41 Å². The summed E-state index contributed by atoms with van der Waals surface area (Å²) in [4.78, 5) is 25.6. The van der Waals surface area contributed by atoms with Crippen LogP contribution in [0.5, 0.6) is 0 Å². The summed E-state index contributed by atoms with van der Waals surface area (Å²) >= 11 is 3.35. The maximum Gasteiger partial charge on any atom is 0.271 e. The zero-order valence-corrected chi connectivity index (χ0v) is 17.6. The Hall–Kier alpha value is -3.06. The molecular formula is C22H19BrN4O2. The summed E-state index contributed by atoms with van der Waals surface area (Å²) in [6.07, 6.45) is 2.15. The number of fused-ring (bicyclic) bond motifs is 1. The topological polar surface area (TPSA) is 76.3 Å². The van der Waals surface area contributed by atoms with Gasteiger partial charge in [0.25, 0.3) is 5.91 Å². The fourth-order valence-corrected chi connectivity index (χ4v) is 3.86. The molecule has 1 amide bonds. The smallest absolute Gasteiger partial charge is 0.271 e. The molecule has 0 radical (unpaired) electrons. The van der Waals surface area contributed by atoms with Crippen LogP contribution in [0.3, 0.4) is 0 Å². The third kappa shape index (κ3) is 3.65. The van der Waals surface area contributed by atoms with Crippen LogP contribution in [0.1, 0.15) is 40.3 Å². The van der Waals surface area contributed by atoms with E-state index in [1.165, 1.54) is 0 Å². The first-order valence-corrected chi connectivity index (χ1v) is 9.97. The van der Waals surface area contributed by atoms with Gasteiger partial charge in [0.2, 0.25) is 5.78 Å². The van der Waals surface area contributed by atoms with E-state index in [9.17, 15) is 9.59 Å². The van der Waals surface area contributed by atoms with E-state index in [0.29, 0.717) is 23.3 Å². The summed E-state index contributed by atoms with van der Waals surface area (Å²) in [5, 5.41) is 8.64. The van der Waals surface area contributed by atoms with Crippen molar-refractivity contribution >= 4 is 33.3 Å². The molecule has 7 heteroatoms. The molecule has 0 aliphatic heterocycles. The van der Waals surface area contributed by atoms with Gasteiger partial charge in [-0.2, -0.15) is 10.2 Å². The number of carbonyl (C=O) groups is 2. The summed E-state index contributed by atoms with van der Waals surface area (Å²) in [7, 11) is 0. The molecule has 6 nitrogen and oxygen atoms in total. The van der Waals surface area contributed by atoms with Gasteiger partial charge < -0.3 is 0 Å². The van der Waals surface area contributed by atoms with Crippen LogP contribution in [0.15, 0.2) is 70.4 Å². The fourth-order valence-electron chi connectivity index (χ4n) is 3.47. The van der Waals surface area contributed by atoms with Crippen LogP contribution in [0.25, 0.3) is 5.69 Å². The van der Waals surface area contributed by atoms with E-state index in [1.807, 2.05) is 50.2 Å². The number of nitrogens with zero attached hydrogens (tertiary/aromatic N) is 3. The third-order valence-electron chi connectivity index (χ3n) is 4.94. The minimum Gasteiger partial charge on any atom is -0.287 e. The normalized spacial score (nSPS) is 16.5. The van der Waals surface area contributed by atoms with Gasteiger partial charge in [0.05, 0.1) is 23.1 Å². The van der Waals surface area contributed by atoms with Crippen molar-refractivity contribution < 1.29 is 9.59 Å². The van der Waals surface area contributed by atoms with Gasteiger partial charge in [0.1, 0.15) is 5.71 Å². The number of hydrogen-bond donors (Lipinski definition) is 1. The van der Waals surface area contributed by atoms with Gasteiger partial charge in [-0.15, -0.1) is 0 Å². The third-order valence-corrected chi connectivity index (χ3v) is 5.43. The average Bonchev–Trinajstić information content (AvgIpc) is 3.11. The number of nitrogens with one attached hydrogen (secondary N) is 1. The summed E-state index contributed by atoms with van der Waals surface area (Å²) in [5.74, 6) is -0.582. The van der Waals surface area contributed by atoms with Gasteiger partial charge in [0, 0.05) is 21.9 Å². The first kappa shape index (κ1) is 19.3. The van der Waals surface area contributed by atoms with E-state index >= 15 is 0 Å². The minimum absolute atomic E-state index is 0.215. The molecule has 1 aliphatic carbocycles. The zero-order valence-electron chi connectivity index (χ0n) is 16.0. The van der Waals surface area contributed by atoms with Crippen molar-refractivity contribution in [2.75, 3.05) is 0 Å². The molecule has 0 saturated carbocycles. The molecule has 1 aromatic heterocycles. The predicted octanol–water partition coefficient (Wildman–Crippen LogP) is 4.19. The van der Waals surface area contributed by atoms with Crippen molar-refractivity contribution in [1.29, 1.82) is 0 Å². The lowest BCUT2D eigenvalue weighted by Gasteiger charge is -2.30. The molecule has 1 heterocycles. The summed E-state index contributed by atoms with van der Waals surface area (Å²) in [5.41, 5.74) is 5.03. The van der Waals surface area contributed by atoms with Gasteiger partial charge in [-0.3, -0.25) is 9.59 Å². The maximum atomic E-state index is 13.1. The van der Waals surface area contributed by atoms with Crippen molar-refractivity contribution in [3.05, 3.63) is 82.1 Å². The number of ketones is 1. The number of amides is 1. The van der Waals surface area contributed by atoms with Gasteiger partial charge in [0.15, 0.2) is 0 Å². The van der Waals surface area contributed by atoms with Crippen LogP contribution >= 0.6 is 15.9 Å². The Morgan fingerprint density at radius 3 is 2.66 bits per heavy atom. The zero-order chi connectivity index (χ0) is 20.6. The molecule has 4 rings (SSSR count). The molecule has 0 unspecified atom stereocenters. The van der Waals surface area contributed by atoms with E-state index in [-0.39, 0.29) is 11.7 Å². The van der Waals surface area contributed by atoms with E-state index in [4.69, 9.17) is 0 Å². The van der Waals surface area contributed by atoms with Crippen molar-refractivity contribution in [3.8, 4) is 5.69 Å². The lowest BCUT2D eigenvalue weighted by atomic mass is 9.74. The van der Waals surface area contributed by atoms with E-state index in [2.05, 4.69) is 31.6 Å². The Morgan fingerprint density at radius 1 is 1.17 bits per heavy atom. The summed E-state index contributed by atoms with van der Waals surface area (Å²) in [6.45, 7) is 3.89. The van der Waals surface area contributed by atoms with E-state index in [0.717, 1.165) is 15.9 Å². The molecule has 3 aromatic rings. The van der Waals surface area contributed by atoms with Gasteiger partial charge in [-0.25, -0.2) is 10.1 Å². The molecule has 0 atom stereocenters. The van der Waals surface area contributed by atoms with Crippen molar-refractivity contribution in [2.24, 2.45) is 10.5 Å². The van der Waals surface area contributed by atoms with Crippen LogP contribution in [0.4, 0.5) is 0 Å².